The molecule has 2 aromatic rings. The zero-order chi connectivity index (χ0) is 16.2. The molecule has 0 bridgehead atoms. The van der Waals surface area contributed by atoms with Gasteiger partial charge in [-0.05, 0) is 36.8 Å². The molecule has 0 unspecified atom stereocenters. The van der Waals surface area contributed by atoms with Gasteiger partial charge in [-0.2, -0.15) is 0 Å². The summed E-state index contributed by atoms with van der Waals surface area (Å²) in [6.07, 6.45) is 2.35. The Morgan fingerprint density at radius 3 is 2.68 bits per heavy atom. The first-order valence-electron chi connectivity index (χ1n) is 7.62. The number of hydrogen-bond donors (Lipinski definition) is 2. The molecule has 22 heavy (non-hydrogen) atoms. The lowest BCUT2D eigenvalue weighted by molar-refractivity contribution is 0.0882. The predicted octanol–water partition coefficient (Wildman–Crippen LogP) is 3.49. The Hall–Kier alpha value is -1.88. The Kier molecular flexibility index (Phi) is 5.19. The van der Waals surface area contributed by atoms with Crippen LogP contribution in [0.4, 0.5) is 4.39 Å². The number of furan rings is 1. The summed E-state index contributed by atoms with van der Waals surface area (Å²) in [7, 11) is 0. The predicted molar refractivity (Wildman–Crippen MR) is 83.2 cm³/mol. The van der Waals surface area contributed by atoms with Crippen molar-refractivity contribution in [2.75, 3.05) is 13.2 Å². The summed E-state index contributed by atoms with van der Waals surface area (Å²) in [6, 6.07) is 6.12. The van der Waals surface area contributed by atoms with E-state index in [0.29, 0.717) is 18.4 Å². The number of benzene rings is 1. The molecule has 120 valence electrons. The Bertz CT molecular complexity index is 646. The maximum atomic E-state index is 13.6. The zero-order valence-corrected chi connectivity index (χ0v) is 13.0. The molecule has 2 rings (SSSR count). The lowest BCUT2D eigenvalue weighted by Gasteiger charge is -2.31. The number of hydrogen-bond acceptors (Lipinski definition) is 3. The molecular formula is C17H22FNO3. The van der Waals surface area contributed by atoms with E-state index in [0.717, 1.165) is 12.8 Å². The van der Waals surface area contributed by atoms with Gasteiger partial charge in [0.25, 0.3) is 5.91 Å². The van der Waals surface area contributed by atoms with E-state index in [9.17, 15) is 14.3 Å². The van der Waals surface area contributed by atoms with Crippen LogP contribution in [0.3, 0.4) is 0 Å². The molecule has 1 aromatic heterocycles. The summed E-state index contributed by atoms with van der Waals surface area (Å²) in [5.74, 6) is -0.738. The Balaban J connectivity index is 2.12. The van der Waals surface area contributed by atoms with Gasteiger partial charge in [0, 0.05) is 18.5 Å². The Morgan fingerprint density at radius 1 is 1.36 bits per heavy atom. The van der Waals surface area contributed by atoms with Gasteiger partial charge in [0.2, 0.25) is 0 Å². The first-order valence-corrected chi connectivity index (χ1v) is 7.62. The van der Waals surface area contributed by atoms with Gasteiger partial charge in [-0.15, -0.1) is 0 Å². The minimum Gasteiger partial charge on any atom is -0.448 e. The third kappa shape index (κ3) is 3.30. The molecule has 1 aromatic carbocycles. The van der Waals surface area contributed by atoms with Gasteiger partial charge in [0.05, 0.1) is 0 Å². The van der Waals surface area contributed by atoms with E-state index < -0.39 is 5.82 Å². The molecule has 0 fully saturated rings. The average Bonchev–Trinajstić information content (AvgIpc) is 2.97. The van der Waals surface area contributed by atoms with Crippen molar-refractivity contribution in [1.82, 2.24) is 5.32 Å². The van der Waals surface area contributed by atoms with Crippen LogP contribution < -0.4 is 5.32 Å². The van der Waals surface area contributed by atoms with E-state index in [1.165, 1.54) is 6.07 Å². The highest BCUT2D eigenvalue weighted by molar-refractivity contribution is 5.96. The minimum atomic E-state index is -0.478. The van der Waals surface area contributed by atoms with Crippen LogP contribution in [-0.2, 0) is 0 Å². The summed E-state index contributed by atoms with van der Waals surface area (Å²) in [4.78, 5) is 12.2. The molecule has 0 radical (unpaired) electrons. The highest BCUT2D eigenvalue weighted by atomic mass is 19.1. The number of amides is 1. The van der Waals surface area contributed by atoms with E-state index in [1.807, 2.05) is 13.8 Å². The molecule has 0 atom stereocenters. The first-order chi connectivity index (χ1) is 10.5. The number of para-hydroxylation sites is 1. The summed E-state index contributed by atoms with van der Waals surface area (Å²) in [6.45, 7) is 4.64. The van der Waals surface area contributed by atoms with Gasteiger partial charge in [-0.1, -0.05) is 26.0 Å². The fourth-order valence-electron chi connectivity index (χ4n) is 2.67. The normalized spacial score (nSPS) is 11.8. The second kappa shape index (κ2) is 6.92. The molecule has 4 nitrogen and oxygen atoms in total. The molecule has 0 aliphatic rings. The Labute approximate surface area is 129 Å². The van der Waals surface area contributed by atoms with Crippen molar-refractivity contribution >= 4 is 16.9 Å². The van der Waals surface area contributed by atoms with E-state index >= 15 is 0 Å². The molecule has 0 saturated carbocycles. The quantitative estimate of drug-likeness (QED) is 0.823. The zero-order valence-electron chi connectivity index (χ0n) is 13.0. The number of rotatable bonds is 7. The molecule has 0 aliphatic carbocycles. The number of nitrogens with one attached hydrogen (secondary N) is 1. The van der Waals surface area contributed by atoms with E-state index in [4.69, 9.17) is 4.42 Å². The lowest BCUT2D eigenvalue weighted by atomic mass is 9.79. The summed E-state index contributed by atoms with van der Waals surface area (Å²) in [5, 5.41) is 12.6. The van der Waals surface area contributed by atoms with Crippen LogP contribution in [0.25, 0.3) is 11.0 Å². The van der Waals surface area contributed by atoms with Crippen LogP contribution in [-0.4, -0.2) is 24.2 Å². The average molecular weight is 307 g/mol. The standard InChI is InChI=1S/C17H22FNO3/c1-3-17(4-2,8-9-20)11-19-16(21)14-10-12-6-5-7-13(18)15(12)22-14/h5-7,10,20H,3-4,8-9,11H2,1-2H3,(H,19,21). The number of aliphatic hydroxyl groups is 1. The van der Waals surface area contributed by atoms with Gasteiger partial charge >= 0.3 is 0 Å². The van der Waals surface area contributed by atoms with Gasteiger partial charge < -0.3 is 14.8 Å². The van der Waals surface area contributed by atoms with Crippen molar-refractivity contribution in [2.45, 2.75) is 33.1 Å². The van der Waals surface area contributed by atoms with Crippen LogP contribution in [0, 0.1) is 11.2 Å². The van der Waals surface area contributed by atoms with E-state index in [-0.39, 0.29) is 29.3 Å². The van der Waals surface area contributed by atoms with Crippen LogP contribution >= 0.6 is 0 Å². The lowest BCUT2D eigenvalue weighted by Crippen LogP contribution is -2.37. The molecule has 1 heterocycles. The van der Waals surface area contributed by atoms with E-state index in [1.54, 1.807) is 18.2 Å². The molecule has 2 N–H and O–H groups in total. The smallest absolute Gasteiger partial charge is 0.287 e. The summed E-state index contributed by atoms with van der Waals surface area (Å²) in [5.41, 5.74) is -0.0259. The highest BCUT2D eigenvalue weighted by Crippen LogP contribution is 2.29. The second-order valence-electron chi connectivity index (χ2n) is 5.63. The number of carbonyl (C=O) groups excluding carboxylic acids is 1. The molecule has 1 amide bonds. The summed E-state index contributed by atoms with van der Waals surface area (Å²) < 4.78 is 18.9. The van der Waals surface area contributed by atoms with Crippen molar-refractivity contribution in [3.63, 3.8) is 0 Å². The number of fused-ring (bicyclic) bond motifs is 1. The van der Waals surface area contributed by atoms with Crippen LogP contribution in [0.2, 0.25) is 0 Å². The molecule has 0 spiro atoms. The van der Waals surface area contributed by atoms with Crippen LogP contribution in [0.5, 0.6) is 0 Å². The fraction of sp³-hybridized carbons (Fsp3) is 0.471. The second-order valence-corrected chi connectivity index (χ2v) is 5.63. The topological polar surface area (TPSA) is 62.5 Å². The van der Waals surface area contributed by atoms with Crippen molar-refractivity contribution < 1.29 is 18.7 Å². The third-order valence-corrected chi connectivity index (χ3v) is 4.49. The number of carbonyl (C=O) groups is 1. The number of aliphatic hydroxyl groups excluding tert-OH is 1. The Morgan fingerprint density at radius 2 is 2.09 bits per heavy atom. The van der Waals surface area contributed by atoms with Crippen LogP contribution in [0.15, 0.2) is 28.7 Å². The van der Waals surface area contributed by atoms with E-state index in [2.05, 4.69) is 5.32 Å². The maximum Gasteiger partial charge on any atom is 0.287 e. The molecule has 0 aliphatic heterocycles. The third-order valence-electron chi connectivity index (χ3n) is 4.49. The number of halogens is 1. The van der Waals surface area contributed by atoms with Crippen molar-refractivity contribution in [1.29, 1.82) is 0 Å². The van der Waals surface area contributed by atoms with Gasteiger partial charge in [0.1, 0.15) is 0 Å². The molecular weight excluding hydrogens is 285 g/mol. The molecule has 0 saturated heterocycles. The largest absolute Gasteiger partial charge is 0.448 e. The van der Waals surface area contributed by atoms with Crippen molar-refractivity contribution in [3.8, 4) is 0 Å². The monoisotopic (exact) mass is 307 g/mol. The van der Waals surface area contributed by atoms with Gasteiger partial charge in [-0.3, -0.25) is 4.79 Å². The molecule has 5 heteroatoms. The van der Waals surface area contributed by atoms with Gasteiger partial charge in [0.15, 0.2) is 17.2 Å². The van der Waals surface area contributed by atoms with Crippen molar-refractivity contribution in [3.05, 3.63) is 35.8 Å². The van der Waals surface area contributed by atoms with Crippen molar-refractivity contribution in [2.24, 2.45) is 5.41 Å². The SMILES string of the molecule is CCC(CC)(CCO)CNC(=O)c1cc2cccc(F)c2o1. The summed E-state index contributed by atoms with van der Waals surface area (Å²) >= 11 is 0. The minimum absolute atomic E-state index is 0.0907. The van der Waals surface area contributed by atoms with Gasteiger partial charge in [-0.25, -0.2) is 4.39 Å². The maximum absolute atomic E-state index is 13.6. The first kappa shape index (κ1) is 16.5. The van der Waals surface area contributed by atoms with Crippen LogP contribution in [0.1, 0.15) is 43.7 Å². The fourth-order valence-corrected chi connectivity index (χ4v) is 2.67. The highest BCUT2D eigenvalue weighted by Gasteiger charge is 2.27.